The molecule has 0 amide bonds. The molecule has 1 unspecified atom stereocenters. The second-order valence-electron chi connectivity index (χ2n) is 7.90. The number of fused-ring (bicyclic) bond motifs is 1. The third-order valence-corrected chi connectivity index (χ3v) is 6.04. The minimum absolute atomic E-state index is 0.356. The molecule has 26 heavy (non-hydrogen) atoms. The molecule has 0 bridgehead atoms. The van der Waals surface area contributed by atoms with Gasteiger partial charge in [0.05, 0.1) is 13.2 Å². The van der Waals surface area contributed by atoms with Gasteiger partial charge in [-0.05, 0) is 56.9 Å². The third kappa shape index (κ3) is 3.20. The summed E-state index contributed by atoms with van der Waals surface area (Å²) >= 11 is 0. The van der Waals surface area contributed by atoms with E-state index in [4.69, 9.17) is 9.73 Å². The fraction of sp³-hybridized carbons (Fsp3) is 0.571. The zero-order valence-electron chi connectivity index (χ0n) is 16.2. The lowest BCUT2D eigenvalue weighted by Gasteiger charge is -2.25. The van der Waals surface area contributed by atoms with Crippen molar-refractivity contribution < 1.29 is 4.74 Å². The predicted octanol–water partition coefficient (Wildman–Crippen LogP) is 3.36. The van der Waals surface area contributed by atoms with Crippen LogP contribution in [0.1, 0.15) is 36.6 Å². The summed E-state index contributed by atoms with van der Waals surface area (Å²) in [7, 11) is 0. The van der Waals surface area contributed by atoms with Crippen molar-refractivity contribution in [2.45, 2.75) is 40.2 Å². The Morgan fingerprint density at radius 1 is 1.35 bits per heavy atom. The molecule has 3 heterocycles. The highest BCUT2D eigenvalue weighted by Crippen LogP contribution is 2.38. The Morgan fingerprint density at radius 2 is 2.23 bits per heavy atom. The van der Waals surface area contributed by atoms with Gasteiger partial charge in [0.2, 0.25) is 0 Å². The van der Waals surface area contributed by atoms with E-state index in [-0.39, 0.29) is 0 Å². The van der Waals surface area contributed by atoms with Crippen molar-refractivity contribution in [3.63, 3.8) is 0 Å². The van der Waals surface area contributed by atoms with Crippen molar-refractivity contribution in [3.8, 4) is 0 Å². The number of aryl methyl sites for hydroxylation is 2. The van der Waals surface area contributed by atoms with E-state index in [2.05, 4.69) is 54.2 Å². The van der Waals surface area contributed by atoms with Crippen molar-refractivity contribution in [1.29, 1.82) is 0 Å². The number of H-pyrrole nitrogens is 1. The molecule has 2 aliphatic heterocycles. The molecule has 0 aliphatic carbocycles. The average molecular weight is 354 g/mol. The molecule has 2 aliphatic rings. The second kappa shape index (κ2) is 6.95. The number of benzene rings is 1. The Labute approximate surface area is 155 Å². The molecule has 2 fully saturated rings. The minimum atomic E-state index is 0.356. The van der Waals surface area contributed by atoms with E-state index in [1.54, 1.807) is 0 Å². The smallest absolute Gasteiger partial charge is 0.194 e. The Hall–Kier alpha value is -2.01. The number of hydrogen-bond donors (Lipinski definition) is 2. The predicted molar refractivity (Wildman–Crippen MR) is 107 cm³/mol. The van der Waals surface area contributed by atoms with Gasteiger partial charge in [-0.25, -0.2) is 4.99 Å². The standard InChI is InChI=1S/C21H30N4O/c1-4-22-20(25-9-7-21(13-25)8-10-26-14-21)23-12-17-5-6-19-18(11-17)15(2)16(3)24-19/h5-6,11,24H,4,7-10,12-14H2,1-3H3,(H,22,23). The van der Waals surface area contributed by atoms with Gasteiger partial charge in [0.1, 0.15) is 0 Å². The molecule has 0 saturated carbocycles. The van der Waals surface area contributed by atoms with E-state index < -0.39 is 0 Å². The average Bonchev–Trinajstić information content (AvgIpc) is 3.34. The Balaban J connectivity index is 1.52. The third-order valence-electron chi connectivity index (χ3n) is 6.04. The van der Waals surface area contributed by atoms with E-state index >= 15 is 0 Å². The number of nitrogens with zero attached hydrogens (tertiary/aromatic N) is 2. The number of nitrogens with one attached hydrogen (secondary N) is 2. The summed E-state index contributed by atoms with van der Waals surface area (Å²) < 4.78 is 5.66. The monoisotopic (exact) mass is 354 g/mol. The van der Waals surface area contributed by atoms with Crippen LogP contribution in [0.4, 0.5) is 0 Å². The summed E-state index contributed by atoms with van der Waals surface area (Å²) in [6, 6.07) is 6.63. The summed E-state index contributed by atoms with van der Waals surface area (Å²) in [6.07, 6.45) is 2.40. The summed E-state index contributed by atoms with van der Waals surface area (Å²) in [5.41, 5.74) is 5.40. The van der Waals surface area contributed by atoms with Crippen molar-refractivity contribution in [1.82, 2.24) is 15.2 Å². The maximum Gasteiger partial charge on any atom is 0.194 e. The van der Waals surface area contributed by atoms with Crippen LogP contribution in [0.5, 0.6) is 0 Å². The highest BCUT2D eigenvalue weighted by Gasteiger charge is 2.42. The minimum Gasteiger partial charge on any atom is -0.381 e. The van der Waals surface area contributed by atoms with Crippen LogP contribution in [-0.4, -0.2) is 48.7 Å². The maximum absolute atomic E-state index is 5.66. The molecule has 5 heteroatoms. The molecule has 1 spiro atoms. The van der Waals surface area contributed by atoms with E-state index in [1.807, 2.05) is 0 Å². The van der Waals surface area contributed by atoms with Crippen molar-refractivity contribution >= 4 is 16.9 Å². The molecular formula is C21H30N4O. The van der Waals surface area contributed by atoms with Gasteiger partial charge in [0.25, 0.3) is 0 Å². The number of hydrogen-bond acceptors (Lipinski definition) is 2. The topological polar surface area (TPSA) is 52.7 Å². The first-order valence-electron chi connectivity index (χ1n) is 9.79. The molecule has 2 saturated heterocycles. The van der Waals surface area contributed by atoms with Gasteiger partial charge >= 0.3 is 0 Å². The zero-order valence-corrected chi connectivity index (χ0v) is 16.2. The van der Waals surface area contributed by atoms with Gasteiger partial charge in [-0.1, -0.05) is 6.07 Å². The Bertz CT molecular complexity index is 817. The summed E-state index contributed by atoms with van der Waals surface area (Å²) in [4.78, 5) is 10.8. The zero-order chi connectivity index (χ0) is 18.1. The molecule has 140 valence electrons. The van der Waals surface area contributed by atoms with Crippen molar-refractivity contribution in [3.05, 3.63) is 35.0 Å². The maximum atomic E-state index is 5.66. The van der Waals surface area contributed by atoms with Crippen LogP contribution in [-0.2, 0) is 11.3 Å². The van der Waals surface area contributed by atoms with Gasteiger partial charge in [-0.2, -0.15) is 0 Å². The van der Waals surface area contributed by atoms with Crippen molar-refractivity contribution in [2.24, 2.45) is 10.4 Å². The van der Waals surface area contributed by atoms with Crippen LogP contribution in [0.15, 0.2) is 23.2 Å². The van der Waals surface area contributed by atoms with Crippen LogP contribution >= 0.6 is 0 Å². The van der Waals surface area contributed by atoms with Crippen LogP contribution in [0.2, 0.25) is 0 Å². The fourth-order valence-electron chi connectivity index (χ4n) is 4.29. The number of ether oxygens (including phenoxy) is 1. The molecular weight excluding hydrogens is 324 g/mol. The highest BCUT2D eigenvalue weighted by atomic mass is 16.5. The number of likely N-dealkylation sites (tertiary alicyclic amines) is 1. The molecule has 2 aromatic rings. The summed E-state index contributed by atoms with van der Waals surface area (Å²) in [5, 5.41) is 4.79. The number of aromatic nitrogens is 1. The fourth-order valence-corrected chi connectivity index (χ4v) is 4.29. The van der Waals surface area contributed by atoms with Crippen LogP contribution < -0.4 is 5.32 Å². The largest absolute Gasteiger partial charge is 0.381 e. The van der Waals surface area contributed by atoms with Crippen molar-refractivity contribution in [2.75, 3.05) is 32.8 Å². The molecule has 2 N–H and O–H groups in total. The first-order valence-corrected chi connectivity index (χ1v) is 9.79. The van der Waals surface area contributed by atoms with E-state index in [0.29, 0.717) is 12.0 Å². The van der Waals surface area contributed by atoms with Gasteiger partial charge in [0.15, 0.2) is 5.96 Å². The van der Waals surface area contributed by atoms with Gasteiger partial charge in [-0.15, -0.1) is 0 Å². The first-order chi connectivity index (χ1) is 12.6. The van der Waals surface area contributed by atoms with Gasteiger partial charge in [0, 0.05) is 48.3 Å². The number of rotatable bonds is 3. The van der Waals surface area contributed by atoms with Crippen LogP contribution in [0.25, 0.3) is 10.9 Å². The van der Waals surface area contributed by atoms with E-state index in [1.165, 1.54) is 40.6 Å². The van der Waals surface area contributed by atoms with Gasteiger partial charge < -0.3 is 19.9 Å². The molecule has 5 nitrogen and oxygen atoms in total. The molecule has 1 aromatic heterocycles. The molecule has 4 rings (SSSR count). The van der Waals surface area contributed by atoms with E-state index in [0.717, 1.165) is 38.8 Å². The van der Waals surface area contributed by atoms with E-state index in [9.17, 15) is 0 Å². The highest BCUT2D eigenvalue weighted by molar-refractivity contribution is 5.85. The Morgan fingerprint density at radius 3 is 3.00 bits per heavy atom. The summed E-state index contributed by atoms with van der Waals surface area (Å²) in [6.45, 7) is 12.0. The molecule has 1 atom stereocenters. The quantitative estimate of drug-likeness (QED) is 0.656. The lowest BCUT2D eigenvalue weighted by Crippen LogP contribution is -2.41. The number of aliphatic imine (C=N–C) groups is 1. The van der Waals surface area contributed by atoms with Gasteiger partial charge in [-0.3, -0.25) is 0 Å². The molecule has 1 aromatic carbocycles. The second-order valence-corrected chi connectivity index (χ2v) is 7.90. The normalized spacial score (nSPS) is 23.5. The number of guanidine groups is 1. The summed E-state index contributed by atoms with van der Waals surface area (Å²) in [5.74, 6) is 1.04. The van der Waals surface area contributed by atoms with Crippen LogP contribution in [0, 0.1) is 19.3 Å². The number of aromatic amines is 1. The van der Waals surface area contributed by atoms with Crippen LogP contribution in [0.3, 0.4) is 0 Å². The SMILES string of the molecule is CCNC(=NCc1ccc2[nH]c(C)c(C)c2c1)N1CCC2(CCOC2)C1. The lowest BCUT2D eigenvalue weighted by molar-refractivity contribution is 0.156. The first kappa shape index (κ1) is 17.4. The Kier molecular flexibility index (Phi) is 4.65. The molecule has 0 radical (unpaired) electrons. The lowest BCUT2D eigenvalue weighted by atomic mass is 9.87.